The average Bonchev–Trinajstić information content (AvgIpc) is 3.23. The predicted octanol–water partition coefficient (Wildman–Crippen LogP) is 5.16. The Labute approximate surface area is 187 Å². The summed E-state index contributed by atoms with van der Waals surface area (Å²) in [5, 5.41) is 19.4. The molecular weight excluding hydrogens is 414 g/mol. The van der Waals surface area contributed by atoms with Gasteiger partial charge in [-0.15, -0.1) is 11.3 Å². The van der Waals surface area contributed by atoms with E-state index in [1.54, 1.807) is 12.1 Å². The molecule has 0 spiro atoms. The van der Waals surface area contributed by atoms with Gasteiger partial charge in [-0.1, -0.05) is 38.3 Å². The number of amides is 1. The number of benzene rings is 1. The summed E-state index contributed by atoms with van der Waals surface area (Å²) >= 11 is 1.21. The molecule has 1 aliphatic rings. The summed E-state index contributed by atoms with van der Waals surface area (Å²) in [6.45, 7) is 2.87. The predicted molar refractivity (Wildman–Crippen MR) is 122 cm³/mol. The zero-order valence-electron chi connectivity index (χ0n) is 18.0. The molecule has 1 fully saturated rings. The third-order valence-corrected chi connectivity index (χ3v) is 6.67. The van der Waals surface area contributed by atoms with E-state index in [1.807, 2.05) is 29.2 Å². The van der Waals surface area contributed by atoms with Gasteiger partial charge in [-0.25, -0.2) is 4.79 Å². The van der Waals surface area contributed by atoms with Crippen molar-refractivity contribution in [1.82, 2.24) is 0 Å². The number of piperidine rings is 1. The van der Waals surface area contributed by atoms with Crippen molar-refractivity contribution < 1.29 is 24.5 Å². The lowest BCUT2D eigenvalue weighted by molar-refractivity contribution is -0.120. The van der Waals surface area contributed by atoms with Crippen molar-refractivity contribution >= 4 is 28.9 Å². The van der Waals surface area contributed by atoms with Gasteiger partial charge in [0.1, 0.15) is 4.88 Å². The standard InChI is InChI=1S/C24H31NO5S/c1-2-3-4-7-21(26)17-9-11-18(12-10-17)25-19(6-5-8-23(25)27)15-30-16-20-13-14-22(31-20)24(28)29/h9-14,19,21,26H,2-8,15-16H2,1H3,(H,28,29)/t19-,21-/m1/s1. The van der Waals surface area contributed by atoms with Crippen LogP contribution in [0.1, 0.15) is 78.1 Å². The molecule has 0 saturated carbocycles. The van der Waals surface area contributed by atoms with E-state index in [9.17, 15) is 14.7 Å². The van der Waals surface area contributed by atoms with E-state index in [4.69, 9.17) is 9.84 Å². The molecule has 0 bridgehead atoms. The Morgan fingerprint density at radius 1 is 1.23 bits per heavy atom. The van der Waals surface area contributed by atoms with Gasteiger partial charge in [-0.2, -0.15) is 0 Å². The Morgan fingerprint density at radius 3 is 2.68 bits per heavy atom. The Morgan fingerprint density at radius 2 is 2.00 bits per heavy atom. The molecule has 168 valence electrons. The second kappa shape index (κ2) is 11.4. The maximum Gasteiger partial charge on any atom is 0.345 e. The largest absolute Gasteiger partial charge is 0.477 e. The number of aromatic carboxylic acids is 1. The third-order valence-electron chi connectivity index (χ3n) is 5.63. The minimum absolute atomic E-state index is 0.0551. The zero-order chi connectivity index (χ0) is 22.2. The monoisotopic (exact) mass is 445 g/mol. The fraction of sp³-hybridized carbons (Fsp3) is 0.500. The van der Waals surface area contributed by atoms with Crippen molar-refractivity contribution in [2.24, 2.45) is 0 Å². The summed E-state index contributed by atoms with van der Waals surface area (Å²) in [6, 6.07) is 10.9. The third kappa shape index (κ3) is 6.38. The summed E-state index contributed by atoms with van der Waals surface area (Å²) < 4.78 is 5.85. The number of ether oxygens (including phenoxy) is 1. The van der Waals surface area contributed by atoms with Gasteiger partial charge < -0.3 is 19.8 Å². The second-order valence-electron chi connectivity index (χ2n) is 8.00. The number of carboxylic acid groups (broad SMARTS) is 1. The molecule has 31 heavy (non-hydrogen) atoms. The first kappa shape index (κ1) is 23.4. The normalized spacial score (nSPS) is 17.7. The minimum Gasteiger partial charge on any atom is -0.477 e. The van der Waals surface area contributed by atoms with E-state index >= 15 is 0 Å². The van der Waals surface area contributed by atoms with E-state index in [0.717, 1.165) is 54.7 Å². The first-order chi connectivity index (χ1) is 15.0. The molecule has 2 N–H and O–H groups in total. The summed E-state index contributed by atoms with van der Waals surface area (Å²) in [7, 11) is 0. The highest BCUT2D eigenvalue weighted by molar-refractivity contribution is 7.13. The number of hydrogen-bond acceptors (Lipinski definition) is 5. The van der Waals surface area contributed by atoms with Crippen LogP contribution in [0.3, 0.4) is 0 Å². The number of carboxylic acids is 1. The SMILES string of the molecule is CCCCC[C@@H](O)c1ccc(N2C(=O)CCC[C@@H]2COCc2ccc(C(=O)O)s2)cc1. The highest BCUT2D eigenvalue weighted by atomic mass is 32.1. The lowest BCUT2D eigenvalue weighted by Crippen LogP contribution is -2.46. The van der Waals surface area contributed by atoms with Gasteiger partial charge in [0.2, 0.25) is 5.91 Å². The number of aliphatic hydroxyl groups is 1. The summed E-state index contributed by atoms with van der Waals surface area (Å²) in [6.07, 6.45) is 5.72. The van der Waals surface area contributed by atoms with Crippen molar-refractivity contribution in [1.29, 1.82) is 0 Å². The van der Waals surface area contributed by atoms with Gasteiger partial charge in [0, 0.05) is 17.0 Å². The second-order valence-corrected chi connectivity index (χ2v) is 9.17. The molecule has 1 amide bonds. The zero-order valence-corrected chi connectivity index (χ0v) is 18.8. The fourth-order valence-corrected chi connectivity index (χ4v) is 4.72. The molecule has 0 unspecified atom stereocenters. The Bertz CT molecular complexity index is 863. The van der Waals surface area contributed by atoms with Gasteiger partial charge in [0.05, 0.1) is 25.4 Å². The van der Waals surface area contributed by atoms with E-state index in [-0.39, 0.29) is 11.9 Å². The van der Waals surface area contributed by atoms with E-state index in [0.29, 0.717) is 24.5 Å². The number of carbonyl (C=O) groups excluding carboxylic acids is 1. The molecule has 6 nitrogen and oxygen atoms in total. The van der Waals surface area contributed by atoms with E-state index in [1.165, 1.54) is 11.3 Å². The number of thiophene rings is 1. The van der Waals surface area contributed by atoms with Crippen LogP contribution in [0.15, 0.2) is 36.4 Å². The first-order valence-electron chi connectivity index (χ1n) is 11.0. The van der Waals surface area contributed by atoms with Gasteiger partial charge in [-0.05, 0) is 49.1 Å². The maximum atomic E-state index is 12.7. The van der Waals surface area contributed by atoms with Crippen LogP contribution in [0.4, 0.5) is 5.69 Å². The van der Waals surface area contributed by atoms with Crippen LogP contribution < -0.4 is 4.90 Å². The Balaban J connectivity index is 1.60. The van der Waals surface area contributed by atoms with Crippen molar-refractivity contribution in [3.8, 4) is 0 Å². The van der Waals surface area contributed by atoms with Crippen LogP contribution in [0, 0.1) is 0 Å². The smallest absolute Gasteiger partial charge is 0.345 e. The van der Waals surface area contributed by atoms with Crippen LogP contribution in [-0.4, -0.2) is 34.7 Å². The number of carbonyl (C=O) groups is 2. The number of aliphatic hydroxyl groups excluding tert-OH is 1. The minimum atomic E-state index is -0.931. The number of hydrogen-bond donors (Lipinski definition) is 2. The molecule has 1 aliphatic heterocycles. The molecule has 1 aromatic carbocycles. The van der Waals surface area contributed by atoms with Gasteiger partial charge in [0.25, 0.3) is 0 Å². The number of rotatable bonds is 11. The first-order valence-corrected chi connectivity index (χ1v) is 11.8. The summed E-state index contributed by atoms with van der Waals surface area (Å²) in [5.74, 6) is -0.848. The molecule has 3 rings (SSSR count). The highest BCUT2D eigenvalue weighted by Gasteiger charge is 2.29. The van der Waals surface area contributed by atoms with Crippen molar-refractivity contribution in [3.63, 3.8) is 0 Å². The number of nitrogens with zero attached hydrogens (tertiary/aromatic N) is 1. The molecule has 1 saturated heterocycles. The molecule has 2 atom stereocenters. The number of anilines is 1. The van der Waals surface area contributed by atoms with Gasteiger partial charge in [-0.3, -0.25) is 4.79 Å². The topological polar surface area (TPSA) is 87.1 Å². The van der Waals surface area contributed by atoms with Crippen molar-refractivity contribution in [2.45, 2.75) is 70.6 Å². The molecule has 0 radical (unpaired) electrons. The van der Waals surface area contributed by atoms with Crippen LogP contribution in [0.2, 0.25) is 0 Å². The van der Waals surface area contributed by atoms with Crippen molar-refractivity contribution in [2.75, 3.05) is 11.5 Å². The molecule has 7 heteroatoms. The highest BCUT2D eigenvalue weighted by Crippen LogP contribution is 2.29. The molecular formula is C24H31NO5S. The summed E-state index contributed by atoms with van der Waals surface area (Å²) in [5.41, 5.74) is 1.70. The Hall–Kier alpha value is -2.22. The van der Waals surface area contributed by atoms with Gasteiger partial charge >= 0.3 is 5.97 Å². The Kier molecular flexibility index (Phi) is 8.63. The molecule has 2 heterocycles. The molecule has 0 aliphatic carbocycles. The van der Waals surface area contributed by atoms with Crippen LogP contribution in [-0.2, 0) is 16.1 Å². The van der Waals surface area contributed by atoms with E-state index in [2.05, 4.69) is 6.92 Å². The van der Waals surface area contributed by atoms with Gasteiger partial charge in [0.15, 0.2) is 0 Å². The van der Waals surface area contributed by atoms with Crippen LogP contribution in [0.25, 0.3) is 0 Å². The lowest BCUT2D eigenvalue weighted by Gasteiger charge is -2.35. The lowest BCUT2D eigenvalue weighted by atomic mass is 9.99. The van der Waals surface area contributed by atoms with E-state index < -0.39 is 12.1 Å². The summed E-state index contributed by atoms with van der Waals surface area (Å²) in [4.78, 5) is 26.6. The average molecular weight is 446 g/mol. The number of unbranched alkanes of at least 4 members (excludes halogenated alkanes) is 2. The van der Waals surface area contributed by atoms with Crippen LogP contribution in [0.5, 0.6) is 0 Å². The maximum absolute atomic E-state index is 12.7. The van der Waals surface area contributed by atoms with Crippen LogP contribution >= 0.6 is 11.3 Å². The van der Waals surface area contributed by atoms with Crippen molar-refractivity contribution in [3.05, 3.63) is 51.7 Å². The molecule has 2 aromatic rings. The fourth-order valence-electron chi connectivity index (χ4n) is 3.93. The quantitative estimate of drug-likeness (QED) is 0.466. The molecule has 1 aromatic heterocycles.